The van der Waals surface area contributed by atoms with Gasteiger partial charge in [-0.2, -0.15) is 0 Å². The standard InChI is InChI=1S/C9H13NS/c1-7-4-5-8(2)9(6-7)10-11-3/h4-6,10H,1-3H3. The van der Waals surface area contributed by atoms with Gasteiger partial charge in [0.25, 0.3) is 0 Å². The summed E-state index contributed by atoms with van der Waals surface area (Å²) in [7, 11) is 0. The first-order chi connectivity index (χ1) is 5.24. The van der Waals surface area contributed by atoms with E-state index in [1.807, 2.05) is 6.26 Å². The highest BCUT2D eigenvalue weighted by Gasteiger charge is 1.95. The van der Waals surface area contributed by atoms with Crippen molar-refractivity contribution in [2.45, 2.75) is 13.8 Å². The van der Waals surface area contributed by atoms with Crippen molar-refractivity contribution in [3.8, 4) is 0 Å². The van der Waals surface area contributed by atoms with Crippen LogP contribution in [0.25, 0.3) is 0 Å². The molecule has 60 valence electrons. The molecule has 0 atom stereocenters. The molecule has 0 amide bonds. The van der Waals surface area contributed by atoms with Crippen LogP contribution in [0.1, 0.15) is 11.1 Å². The molecular weight excluding hydrogens is 154 g/mol. The highest BCUT2D eigenvalue weighted by molar-refractivity contribution is 7.99. The summed E-state index contributed by atoms with van der Waals surface area (Å²) in [6.07, 6.45) is 2.03. The van der Waals surface area contributed by atoms with Gasteiger partial charge in [-0.25, -0.2) is 0 Å². The fourth-order valence-electron chi connectivity index (χ4n) is 0.956. The maximum atomic E-state index is 3.23. The normalized spacial score (nSPS) is 9.73. The van der Waals surface area contributed by atoms with Gasteiger partial charge < -0.3 is 4.72 Å². The largest absolute Gasteiger partial charge is 0.330 e. The van der Waals surface area contributed by atoms with Gasteiger partial charge in [-0.05, 0) is 31.0 Å². The average molecular weight is 167 g/mol. The minimum absolute atomic E-state index is 1.22. The first kappa shape index (κ1) is 8.47. The lowest BCUT2D eigenvalue weighted by Crippen LogP contribution is -1.88. The molecule has 0 aromatic heterocycles. The first-order valence-electron chi connectivity index (χ1n) is 3.60. The molecule has 0 radical (unpaired) electrons. The van der Waals surface area contributed by atoms with Gasteiger partial charge in [-0.15, -0.1) is 0 Å². The second-order valence-corrected chi connectivity index (χ2v) is 3.24. The molecule has 0 aliphatic heterocycles. The van der Waals surface area contributed by atoms with Crippen molar-refractivity contribution in [3.05, 3.63) is 29.3 Å². The summed E-state index contributed by atoms with van der Waals surface area (Å²) < 4.78 is 3.23. The second-order valence-electron chi connectivity index (χ2n) is 2.62. The van der Waals surface area contributed by atoms with Crippen molar-refractivity contribution in [3.63, 3.8) is 0 Å². The van der Waals surface area contributed by atoms with Gasteiger partial charge in [-0.3, -0.25) is 0 Å². The Morgan fingerprint density at radius 1 is 1.27 bits per heavy atom. The molecule has 11 heavy (non-hydrogen) atoms. The fourth-order valence-corrected chi connectivity index (χ4v) is 1.40. The Morgan fingerprint density at radius 2 is 2.00 bits per heavy atom. The van der Waals surface area contributed by atoms with Crippen LogP contribution in [-0.4, -0.2) is 6.26 Å². The molecule has 0 saturated heterocycles. The monoisotopic (exact) mass is 167 g/mol. The molecule has 0 unspecified atom stereocenters. The van der Waals surface area contributed by atoms with Crippen LogP contribution in [-0.2, 0) is 0 Å². The third kappa shape index (κ3) is 2.15. The molecule has 1 rings (SSSR count). The number of hydrogen-bond donors (Lipinski definition) is 1. The van der Waals surface area contributed by atoms with Crippen LogP contribution in [0.3, 0.4) is 0 Å². The predicted molar refractivity (Wildman–Crippen MR) is 53.1 cm³/mol. The van der Waals surface area contributed by atoms with Gasteiger partial charge in [0.05, 0.1) is 0 Å². The van der Waals surface area contributed by atoms with E-state index in [-0.39, 0.29) is 0 Å². The number of rotatable bonds is 2. The van der Waals surface area contributed by atoms with E-state index in [0.29, 0.717) is 0 Å². The van der Waals surface area contributed by atoms with E-state index in [4.69, 9.17) is 0 Å². The zero-order chi connectivity index (χ0) is 8.27. The summed E-state index contributed by atoms with van der Waals surface area (Å²) in [5.41, 5.74) is 3.81. The summed E-state index contributed by atoms with van der Waals surface area (Å²) in [4.78, 5) is 0. The van der Waals surface area contributed by atoms with Crippen LogP contribution >= 0.6 is 11.9 Å². The number of aryl methyl sites for hydroxylation is 2. The van der Waals surface area contributed by atoms with Gasteiger partial charge in [-0.1, -0.05) is 24.1 Å². The van der Waals surface area contributed by atoms with Crippen LogP contribution in [0.2, 0.25) is 0 Å². The lowest BCUT2D eigenvalue weighted by molar-refractivity contribution is 1.40. The highest BCUT2D eigenvalue weighted by atomic mass is 32.2. The number of benzene rings is 1. The molecule has 1 N–H and O–H groups in total. The quantitative estimate of drug-likeness (QED) is 0.679. The Morgan fingerprint density at radius 3 is 2.64 bits per heavy atom. The van der Waals surface area contributed by atoms with E-state index in [1.165, 1.54) is 16.8 Å². The van der Waals surface area contributed by atoms with Crippen LogP contribution in [0.4, 0.5) is 5.69 Å². The van der Waals surface area contributed by atoms with Crippen LogP contribution in [0.5, 0.6) is 0 Å². The predicted octanol–water partition coefficient (Wildman–Crippen LogP) is 2.99. The molecule has 0 fully saturated rings. The summed E-state index contributed by atoms with van der Waals surface area (Å²) in [6, 6.07) is 6.42. The molecule has 0 heterocycles. The van der Waals surface area contributed by atoms with E-state index in [2.05, 4.69) is 36.8 Å². The summed E-state index contributed by atoms with van der Waals surface area (Å²) in [5.74, 6) is 0. The van der Waals surface area contributed by atoms with Crippen LogP contribution < -0.4 is 4.72 Å². The molecule has 0 aliphatic rings. The average Bonchev–Trinajstić information content (AvgIpc) is 1.98. The Bertz CT molecular complexity index is 245. The summed E-state index contributed by atoms with van der Waals surface area (Å²) in [6.45, 7) is 4.21. The second kappa shape index (κ2) is 3.67. The summed E-state index contributed by atoms with van der Waals surface area (Å²) in [5, 5.41) is 0. The fraction of sp³-hybridized carbons (Fsp3) is 0.333. The zero-order valence-corrected chi connectivity index (χ0v) is 7.96. The highest BCUT2D eigenvalue weighted by Crippen LogP contribution is 2.18. The minimum atomic E-state index is 1.22. The Hall–Kier alpha value is -0.630. The molecule has 1 aromatic carbocycles. The van der Waals surface area contributed by atoms with Crippen LogP contribution in [0, 0.1) is 13.8 Å². The molecule has 0 spiro atoms. The molecule has 0 saturated carbocycles. The third-order valence-corrected chi connectivity index (χ3v) is 2.03. The first-order valence-corrected chi connectivity index (χ1v) is 4.83. The number of anilines is 1. The maximum absolute atomic E-state index is 3.23. The SMILES string of the molecule is CSNc1cc(C)ccc1C. The molecule has 0 aliphatic carbocycles. The van der Waals surface area contributed by atoms with Gasteiger partial charge in [0.15, 0.2) is 0 Å². The van der Waals surface area contributed by atoms with Crippen LogP contribution in [0.15, 0.2) is 18.2 Å². The third-order valence-electron chi connectivity index (χ3n) is 1.61. The van der Waals surface area contributed by atoms with E-state index in [1.54, 1.807) is 11.9 Å². The topological polar surface area (TPSA) is 12.0 Å². The zero-order valence-electron chi connectivity index (χ0n) is 7.14. The molecule has 1 aromatic rings. The number of nitrogens with one attached hydrogen (secondary N) is 1. The van der Waals surface area contributed by atoms with E-state index >= 15 is 0 Å². The molecule has 2 heteroatoms. The van der Waals surface area contributed by atoms with Crippen molar-refractivity contribution in [2.75, 3.05) is 11.0 Å². The number of hydrogen-bond acceptors (Lipinski definition) is 2. The molecule has 0 bridgehead atoms. The Balaban J connectivity index is 2.93. The van der Waals surface area contributed by atoms with Gasteiger partial charge >= 0.3 is 0 Å². The van der Waals surface area contributed by atoms with Gasteiger partial charge in [0.1, 0.15) is 0 Å². The van der Waals surface area contributed by atoms with Crippen molar-refractivity contribution < 1.29 is 0 Å². The molecule has 1 nitrogen and oxygen atoms in total. The smallest absolute Gasteiger partial charge is 0.0471 e. The Kier molecular flexibility index (Phi) is 2.83. The van der Waals surface area contributed by atoms with Crippen molar-refractivity contribution in [2.24, 2.45) is 0 Å². The molecular formula is C9H13NS. The van der Waals surface area contributed by atoms with Crippen molar-refractivity contribution >= 4 is 17.6 Å². The lowest BCUT2D eigenvalue weighted by Gasteiger charge is -2.06. The van der Waals surface area contributed by atoms with E-state index in [9.17, 15) is 0 Å². The van der Waals surface area contributed by atoms with E-state index < -0.39 is 0 Å². The van der Waals surface area contributed by atoms with Gasteiger partial charge in [0.2, 0.25) is 0 Å². The summed E-state index contributed by atoms with van der Waals surface area (Å²) >= 11 is 1.63. The maximum Gasteiger partial charge on any atom is 0.0471 e. The van der Waals surface area contributed by atoms with Crippen molar-refractivity contribution in [1.29, 1.82) is 0 Å². The lowest BCUT2D eigenvalue weighted by atomic mass is 10.1. The minimum Gasteiger partial charge on any atom is -0.330 e. The Labute approximate surface area is 72.3 Å². The van der Waals surface area contributed by atoms with E-state index in [0.717, 1.165) is 0 Å². The van der Waals surface area contributed by atoms with Crippen molar-refractivity contribution in [1.82, 2.24) is 0 Å². The van der Waals surface area contributed by atoms with Gasteiger partial charge in [0, 0.05) is 11.9 Å².